The van der Waals surface area contributed by atoms with Gasteiger partial charge in [-0.05, 0) is 64.6 Å². The molecular weight excluding hydrogens is 346 g/mol. The highest BCUT2D eigenvalue weighted by molar-refractivity contribution is 5.80. The zero-order valence-electron chi connectivity index (χ0n) is 18.1. The fourth-order valence-corrected chi connectivity index (χ4v) is 4.46. The minimum Gasteiger partial charge on any atom is -0.357 e. The fraction of sp³-hybridized carbons (Fsp3) is 0.696. The van der Waals surface area contributed by atoms with E-state index in [2.05, 4.69) is 65.6 Å². The van der Waals surface area contributed by atoms with Crippen molar-refractivity contribution in [3.8, 4) is 0 Å². The summed E-state index contributed by atoms with van der Waals surface area (Å²) in [6, 6.07) is 9.42. The van der Waals surface area contributed by atoms with Gasteiger partial charge in [0, 0.05) is 45.3 Å². The largest absolute Gasteiger partial charge is 0.357 e. The van der Waals surface area contributed by atoms with Gasteiger partial charge >= 0.3 is 0 Å². The summed E-state index contributed by atoms with van der Waals surface area (Å²) >= 11 is 0. The van der Waals surface area contributed by atoms with Gasteiger partial charge in [0.25, 0.3) is 0 Å². The van der Waals surface area contributed by atoms with Crippen LogP contribution >= 0.6 is 0 Å². The molecule has 0 aromatic heterocycles. The van der Waals surface area contributed by atoms with Gasteiger partial charge in [0.05, 0.1) is 0 Å². The van der Waals surface area contributed by atoms with Crippen LogP contribution in [0.5, 0.6) is 0 Å². The second kappa shape index (κ2) is 10.8. The predicted molar refractivity (Wildman–Crippen MR) is 119 cm³/mol. The molecule has 0 aliphatic carbocycles. The molecule has 2 aliphatic heterocycles. The van der Waals surface area contributed by atoms with Gasteiger partial charge in [-0.1, -0.05) is 29.8 Å². The lowest BCUT2D eigenvalue weighted by Crippen LogP contribution is -2.48. The molecule has 1 aromatic rings. The van der Waals surface area contributed by atoms with Crippen LogP contribution in [-0.4, -0.2) is 68.1 Å². The molecule has 5 nitrogen and oxygen atoms in total. The lowest BCUT2D eigenvalue weighted by Gasteiger charge is -2.33. The first-order chi connectivity index (χ1) is 13.6. The molecule has 0 radical (unpaired) electrons. The number of rotatable bonds is 6. The number of hydrogen-bond donors (Lipinski definition) is 2. The molecule has 5 heteroatoms. The van der Waals surface area contributed by atoms with E-state index in [1.807, 2.05) is 0 Å². The molecule has 2 N–H and O–H groups in total. The molecule has 2 saturated heterocycles. The second-order valence-electron chi connectivity index (χ2n) is 8.67. The Morgan fingerprint density at radius 3 is 2.71 bits per heavy atom. The molecule has 2 heterocycles. The van der Waals surface area contributed by atoms with Crippen molar-refractivity contribution in [2.75, 3.05) is 46.3 Å². The Balaban J connectivity index is 1.45. The van der Waals surface area contributed by atoms with Crippen LogP contribution in [0.15, 0.2) is 29.3 Å². The van der Waals surface area contributed by atoms with Crippen molar-refractivity contribution in [1.29, 1.82) is 0 Å². The normalized spacial score (nSPS) is 23.0. The summed E-state index contributed by atoms with van der Waals surface area (Å²) in [5.74, 6) is 1.71. The average molecular weight is 386 g/mol. The minimum atomic E-state index is 0.528. The lowest BCUT2D eigenvalue weighted by atomic mass is 9.99. The monoisotopic (exact) mass is 385 g/mol. The Morgan fingerprint density at radius 1 is 1.18 bits per heavy atom. The van der Waals surface area contributed by atoms with Crippen molar-refractivity contribution in [2.45, 2.75) is 52.1 Å². The second-order valence-corrected chi connectivity index (χ2v) is 8.67. The topological polar surface area (TPSA) is 42.9 Å². The predicted octanol–water partition coefficient (Wildman–Crippen LogP) is 2.86. The third-order valence-electron chi connectivity index (χ3n) is 5.99. The van der Waals surface area contributed by atoms with E-state index < -0.39 is 0 Å². The molecule has 2 aliphatic rings. The van der Waals surface area contributed by atoms with Crippen LogP contribution in [0.3, 0.4) is 0 Å². The van der Waals surface area contributed by atoms with E-state index in [-0.39, 0.29) is 0 Å². The highest BCUT2D eigenvalue weighted by Crippen LogP contribution is 2.16. The van der Waals surface area contributed by atoms with Crippen molar-refractivity contribution in [2.24, 2.45) is 10.9 Å². The van der Waals surface area contributed by atoms with Crippen LogP contribution in [-0.2, 0) is 6.54 Å². The van der Waals surface area contributed by atoms with Crippen LogP contribution in [0.1, 0.15) is 43.7 Å². The van der Waals surface area contributed by atoms with Crippen molar-refractivity contribution < 1.29 is 0 Å². The van der Waals surface area contributed by atoms with Crippen LogP contribution < -0.4 is 10.6 Å². The molecule has 2 fully saturated rings. The van der Waals surface area contributed by atoms with Crippen LogP contribution in [0.25, 0.3) is 0 Å². The molecule has 0 spiro atoms. The summed E-state index contributed by atoms with van der Waals surface area (Å²) in [4.78, 5) is 9.93. The number of nitrogens with one attached hydrogen (secondary N) is 2. The lowest BCUT2D eigenvalue weighted by molar-refractivity contribution is 0.198. The van der Waals surface area contributed by atoms with E-state index in [0.29, 0.717) is 12.0 Å². The van der Waals surface area contributed by atoms with Gasteiger partial charge in [0.15, 0.2) is 5.96 Å². The molecule has 156 valence electrons. The van der Waals surface area contributed by atoms with E-state index in [1.165, 1.54) is 49.9 Å². The number of hydrogen-bond acceptors (Lipinski definition) is 3. The summed E-state index contributed by atoms with van der Waals surface area (Å²) < 4.78 is 0. The van der Waals surface area contributed by atoms with Gasteiger partial charge in [0.1, 0.15) is 0 Å². The summed E-state index contributed by atoms with van der Waals surface area (Å²) in [6.45, 7) is 12.0. The number of aliphatic imine (C=N–C) groups is 1. The van der Waals surface area contributed by atoms with Gasteiger partial charge in [-0.3, -0.25) is 9.89 Å². The molecular formula is C23H39N5. The number of likely N-dealkylation sites (tertiary alicyclic amines) is 2. The van der Waals surface area contributed by atoms with Gasteiger partial charge in [-0.15, -0.1) is 0 Å². The Kier molecular flexibility index (Phi) is 8.16. The first-order valence-electron chi connectivity index (χ1n) is 11.1. The van der Waals surface area contributed by atoms with Crippen LogP contribution in [0.2, 0.25) is 0 Å². The summed E-state index contributed by atoms with van der Waals surface area (Å²) in [7, 11) is 2.23. The zero-order valence-corrected chi connectivity index (χ0v) is 18.1. The van der Waals surface area contributed by atoms with Gasteiger partial charge in [-0.25, -0.2) is 0 Å². The molecule has 28 heavy (non-hydrogen) atoms. The Bertz CT molecular complexity index is 621. The number of guanidine groups is 1. The smallest absolute Gasteiger partial charge is 0.191 e. The van der Waals surface area contributed by atoms with Crippen molar-refractivity contribution in [1.82, 2.24) is 20.4 Å². The maximum Gasteiger partial charge on any atom is 0.191 e. The molecule has 3 rings (SSSR count). The number of benzene rings is 1. The number of aryl methyl sites for hydroxylation is 1. The quantitative estimate of drug-likeness (QED) is 0.584. The van der Waals surface area contributed by atoms with Crippen LogP contribution in [0.4, 0.5) is 0 Å². The number of nitrogens with zero attached hydrogens (tertiary/aromatic N) is 3. The van der Waals surface area contributed by atoms with E-state index in [0.717, 1.165) is 38.7 Å². The van der Waals surface area contributed by atoms with Crippen LogP contribution in [0, 0.1) is 12.8 Å². The van der Waals surface area contributed by atoms with Gasteiger partial charge < -0.3 is 15.5 Å². The fourth-order valence-electron chi connectivity index (χ4n) is 4.46. The SMILES string of the molecule is CCNC(=NCC1CCCN(C)C1)NC1CCN(Cc2cccc(C)c2)CC1. The Morgan fingerprint density at radius 2 is 2.00 bits per heavy atom. The first kappa shape index (κ1) is 21.1. The Labute approximate surface area is 171 Å². The zero-order chi connectivity index (χ0) is 19.8. The third-order valence-corrected chi connectivity index (χ3v) is 5.99. The molecule has 1 atom stereocenters. The molecule has 1 unspecified atom stereocenters. The summed E-state index contributed by atoms with van der Waals surface area (Å²) in [6.07, 6.45) is 4.98. The molecule has 0 amide bonds. The van der Waals surface area contributed by atoms with Gasteiger partial charge in [-0.2, -0.15) is 0 Å². The molecule has 1 aromatic carbocycles. The molecule has 0 saturated carbocycles. The highest BCUT2D eigenvalue weighted by Gasteiger charge is 2.21. The Hall–Kier alpha value is -1.59. The van der Waals surface area contributed by atoms with Crippen molar-refractivity contribution in [3.05, 3.63) is 35.4 Å². The van der Waals surface area contributed by atoms with Crippen molar-refractivity contribution >= 4 is 5.96 Å². The standard InChI is InChI=1S/C23H39N5/c1-4-24-23(25-16-21-9-6-12-27(3)17-21)26-22-10-13-28(14-11-22)18-20-8-5-7-19(2)15-20/h5,7-8,15,21-22H,4,6,9-14,16-18H2,1-3H3,(H2,24,25,26). The summed E-state index contributed by atoms with van der Waals surface area (Å²) in [5.41, 5.74) is 2.78. The van der Waals surface area contributed by atoms with E-state index in [4.69, 9.17) is 4.99 Å². The third kappa shape index (κ3) is 6.78. The minimum absolute atomic E-state index is 0.528. The van der Waals surface area contributed by atoms with E-state index in [1.54, 1.807) is 0 Å². The summed E-state index contributed by atoms with van der Waals surface area (Å²) in [5, 5.41) is 7.15. The van der Waals surface area contributed by atoms with Crippen molar-refractivity contribution in [3.63, 3.8) is 0 Å². The highest BCUT2D eigenvalue weighted by atomic mass is 15.2. The maximum atomic E-state index is 4.92. The van der Waals surface area contributed by atoms with E-state index in [9.17, 15) is 0 Å². The maximum absolute atomic E-state index is 4.92. The first-order valence-corrected chi connectivity index (χ1v) is 11.1. The molecule has 0 bridgehead atoms. The number of piperidine rings is 2. The van der Waals surface area contributed by atoms with Gasteiger partial charge in [0.2, 0.25) is 0 Å². The van der Waals surface area contributed by atoms with E-state index >= 15 is 0 Å². The average Bonchev–Trinajstić information content (AvgIpc) is 2.68.